The van der Waals surface area contributed by atoms with Gasteiger partial charge in [-0.3, -0.25) is 24.0 Å². The number of aromatic hydroxyl groups is 1. The van der Waals surface area contributed by atoms with Gasteiger partial charge < -0.3 is 31.7 Å². The quantitative estimate of drug-likeness (QED) is 0.223. The molecule has 0 aromatic heterocycles. The van der Waals surface area contributed by atoms with Crippen LogP contribution in [0.5, 0.6) is 5.75 Å². The van der Waals surface area contributed by atoms with E-state index in [4.69, 9.17) is 5.73 Å². The van der Waals surface area contributed by atoms with Crippen molar-refractivity contribution in [2.75, 3.05) is 11.9 Å². The molecular formula is C23H25N3O9. The van der Waals surface area contributed by atoms with E-state index in [2.05, 4.69) is 10.6 Å². The molecule has 3 aliphatic rings. The van der Waals surface area contributed by atoms with Gasteiger partial charge in [-0.2, -0.15) is 0 Å². The number of nitrogens with one attached hydrogen (secondary N) is 2. The summed E-state index contributed by atoms with van der Waals surface area (Å²) in [6, 6.07) is 2.20. The molecular weight excluding hydrogens is 462 g/mol. The highest BCUT2D eigenvalue weighted by atomic mass is 16.3. The average Bonchev–Trinajstić information content (AvgIpc) is 2.79. The Bertz CT molecular complexity index is 1180. The third-order valence-electron chi connectivity index (χ3n) is 7.17. The minimum atomic E-state index is -2.97. The van der Waals surface area contributed by atoms with Crippen molar-refractivity contribution in [1.82, 2.24) is 5.32 Å². The Labute approximate surface area is 198 Å². The zero-order valence-electron chi connectivity index (χ0n) is 18.7. The van der Waals surface area contributed by atoms with Crippen molar-refractivity contribution in [2.24, 2.45) is 29.4 Å². The molecule has 12 nitrogen and oxygen atoms in total. The largest absolute Gasteiger partial charge is 0.505 e. The number of amides is 3. The Morgan fingerprint density at radius 1 is 1.14 bits per heavy atom. The molecule has 2 unspecified atom stereocenters. The highest BCUT2D eigenvalue weighted by molar-refractivity contribution is 6.31. The highest BCUT2D eigenvalue weighted by Crippen LogP contribution is 2.50. The summed E-state index contributed by atoms with van der Waals surface area (Å²) < 4.78 is 0. The lowest BCUT2D eigenvalue weighted by Gasteiger charge is -2.51. The molecule has 2 fully saturated rings. The number of primary amides is 1. The number of benzene rings is 1. The van der Waals surface area contributed by atoms with Crippen LogP contribution in [-0.2, 0) is 25.6 Å². The summed E-state index contributed by atoms with van der Waals surface area (Å²) in [7, 11) is 0. The number of hydrogen-bond donors (Lipinski definition) is 6. The van der Waals surface area contributed by atoms with Crippen LogP contribution in [0.25, 0.3) is 0 Å². The van der Waals surface area contributed by atoms with E-state index < -0.39 is 82.6 Å². The Morgan fingerprint density at radius 3 is 2.46 bits per heavy atom. The molecule has 35 heavy (non-hydrogen) atoms. The third kappa shape index (κ3) is 3.51. The second kappa shape index (κ2) is 8.54. The molecule has 12 heteroatoms. The Balaban J connectivity index is 1.74. The van der Waals surface area contributed by atoms with Gasteiger partial charge in [0.1, 0.15) is 5.75 Å². The van der Waals surface area contributed by atoms with E-state index in [9.17, 15) is 44.1 Å². The van der Waals surface area contributed by atoms with E-state index in [0.29, 0.717) is 13.0 Å². The molecule has 0 aliphatic heterocycles. The van der Waals surface area contributed by atoms with E-state index in [-0.39, 0.29) is 23.2 Å². The molecule has 7 N–H and O–H groups in total. The molecule has 4 rings (SSSR count). The molecule has 3 aliphatic carbocycles. The molecule has 0 heterocycles. The second-order valence-electron chi connectivity index (χ2n) is 9.18. The normalized spacial score (nSPS) is 31.8. The molecule has 6 atom stereocenters. The maximum absolute atomic E-state index is 13.4. The summed E-state index contributed by atoms with van der Waals surface area (Å²) in [6.07, 6.45) is -1.67. The molecule has 2 saturated carbocycles. The summed E-state index contributed by atoms with van der Waals surface area (Å²) in [6.45, 7) is 2.22. The number of anilines is 1. The Hall–Kier alpha value is -3.64. The van der Waals surface area contributed by atoms with Crippen LogP contribution in [0.4, 0.5) is 10.5 Å². The fourth-order valence-electron chi connectivity index (χ4n) is 5.46. The van der Waals surface area contributed by atoms with Gasteiger partial charge in [-0.25, -0.2) is 4.79 Å². The van der Waals surface area contributed by atoms with Crippen LogP contribution in [-0.4, -0.2) is 68.6 Å². The van der Waals surface area contributed by atoms with Gasteiger partial charge in [-0.05, 0) is 24.5 Å². The first-order chi connectivity index (χ1) is 16.4. The van der Waals surface area contributed by atoms with Gasteiger partial charge in [0.25, 0.3) is 0 Å². The number of carbonyl (C=O) groups excluding carboxylic acids is 6. The number of nitrogens with two attached hydrogens (primary N) is 1. The van der Waals surface area contributed by atoms with Crippen molar-refractivity contribution in [3.05, 3.63) is 23.3 Å². The van der Waals surface area contributed by atoms with Crippen molar-refractivity contribution in [3.8, 4) is 5.75 Å². The van der Waals surface area contributed by atoms with Crippen molar-refractivity contribution in [2.45, 2.75) is 37.9 Å². The van der Waals surface area contributed by atoms with E-state index in [0.717, 1.165) is 0 Å². The molecule has 1 aromatic rings. The minimum Gasteiger partial charge on any atom is -0.505 e. The number of urea groups is 1. The van der Waals surface area contributed by atoms with Gasteiger partial charge in [-0.1, -0.05) is 13.0 Å². The summed E-state index contributed by atoms with van der Waals surface area (Å²) in [5.74, 6) is -12.9. The van der Waals surface area contributed by atoms with Crippen LogP contribution >= 0.6 is 0 Å². The number of hydrogen-bond acceptors (Lipinski definition) is 9. The van der Waals surface area contributed by atoms with Crippen LogP contribution in [0.15, 0.2) is 12.1 Å². The number of aliphatic hydroxyl groups excluding tert-OH is 1. The summed E-state index contributed by atoms with van der Waals surface area (Å²) in [4.78, 5) is 75.8. The average molecular weight is 487 g/mol. The first-order valence-electron chi connectivity index (χ1n) is 11.2. The number of fused-ring (bicyclic) bond motifs is 3. The maximum Gasteiger partial charge on any atom is 0.319 e. The van der Waals surface area contributed by atoms with Crippen molar-refractivity contribution >= 4 is 40.8 Å². The Kier molecular flexibility index (Phi) is 5.97. The predicted molar refractivity (Wildman–Crippen MR) is 117 cm³/mol. The summed E-state index contributed by atoms with van der Waals surface area (Å²) in [5, 5.41) is 37.9. The lowest BCUT2D eigenvalue weighted by atomic mass is 9.52. The molecule has 0 bridgehead atoms. The van der Waals surface area contributed by atoms with E-state index in [1.165, 1.54) is 12.1 Å². The number of rotatable bonds is 4. The molecule has 3 amide bonds. The van der Waals surface area contributed by atoms with Crippen LogP contribution in [0.2, 0.25) is 0 Å². The number of phenolic OH excluding ortho intramolecular Hbond substituents is 1. The number of carbonyl (C=O) groups is 6. The number of ketones is 4. The third-order valence-corrected chi connectivity index (χ3v) is 7.17. The zero-order chi connectivity index (χ0) is 25.8. The van der Waals surface area contributed by atoms with Gasteiger partial charge in [0, 0.05) is 24.8 Å². The first-order valence-corrected chi connectivity index (χ1v) is 11.2. The fraction of sp³-hybridized carbons (Fsp3) is 0.478. The standard InChI is InChI=1S/C23H25N3O9/c1-2-5-25-22(34)26-11-4-3-8-6-9-14(18(30)13(8)17(11)29)19(31)23(35)10(16(9)28)7-12(27)15(20(23)32)21(24)33/h3-4,9-10,14-16,28-29,35H,2,5-7H2,1H3,(H2,24,33)(H2,25,26,34)/t9-,10-,14?,15?,16+,23+/m1/s1. The first kappa shape index (κ1) is 24.5. The van der Waals surface area contributed by atoms with Crippen molar-refractivity contribution in [3.63, 3.8) is 0 Å². The molecule has 186 valence electrons. The maximum atomic E-state index is 13.4. The van der Waals surface area contributed by atoms with Crippen molar-refractivity contribution < 1.29 is 44.1 Å². The van der Waals surface area contributed by atoms with E-state index >= 15 is 0 Å². The van der Waals surface area contributed by atoms with E-state index in [1.807, 2.05) is 6.92 Å². The number of phenols is 1. The lowest BCUT2D eigenvalue weighted by molar-refractivity contribution is -0.188. The van der Waals surface area contributed by atoms with Gasteiger partial charge in [-0.15, -0.1) is 0 Å². The van der Waals surface area contributed by atoms with Gasteiger partial charge in [0.05, 0.1) is 23.3 Å². The SMILES string of the molecule is CCCNC(=O)Nc1ccc2c(c1O)C(=O)C1C(=O)[C@]3(O)C(=O)C(C(N)=O)C(=O)C[C@@H]3[C@@H](O)[C@@H]1C2. The Morgan fingerprint density at radius 2 is 1.83 bits per heavy atom. The van der Waals surface area contributed by atoms with Gasteiger partial charge in [0.15, 0.2) is 34.7 Å². The van der Waals surface area contributed by atoms with Crippen LogP contribution in [0.1, 0.15) is 35.7 Å². The van der Waals surface area contributed by atoms with Gasteiger partial charge >= 0.3 is 6.03 Å². The fourth-order valence-corrected chi connectivity index (χ4v) is 5.46. The molecule has 0 spiro atoms. The van der Waals surface area contributed by atoms with Crippen molar-refractivity contribution in [1.29, 1.82) is 0 Å². The molecule has 0 radical (unpaired) electrons. The summed E-state index contributed by atoms with van der Waals surface area (Å²) in [5.41, 5.74) is 2.07. The predicted octanol–water partition coefficient (Wildman–Crippen LogP) is -1.17. The van der Waals surface area contributed by atoms with Crippen LogP contribution < -0.4 is 16.4 Å². The topological polar surface area (TPSA) is 213 Å². The second-order valence-corrected chi connectivity index (χ2v) is 9.18. The number of aliphatic hydroxyl groups is 2. The van der Waals surface area contributed by atoms with Gasteiger partial charge in [0.2, 0.25) is 5.91 Å². The monoisotopic (exact) mass is 487 g/mol. The van der Waals surface area contributed by atoms with Crippen LogP contribution in [0.3, 0.4) is 0 Å². The molecule has 0 saturated heterocycles. The zero-order valence-corrected chi connectivity index (χ0v) is 18.7. The highest BCUT2D eigenvalue weighted by Gasteiger charge is 2.69. The van der Waals surface area contributed by atoms with E-state index in [1.54, 1.807) is 0 Å². The molecule has 1 aromatic carbocycles. The minimum absolute atomic E-state index is 0.0806. The summed E-state index contributed by atoms with van der Waals surface area (Å²) >= 11 is 0. The lowest BCUT2D eigenvalue weighted by Crippen LogP contribution is -2.72. The smallest absolute Gasteiger partial charge is 0.319 e. The number of Topliss-reactive ketones (excluding diaryl/α,β-unsaturated/α-hetero) is 4. The van der Waals surface area contributed by atoms with Crippen LogP contribution in [0, 0.1) is 23.7 Å².